The number of carboxylic acid groups (broad SMARTS) is 1. The second kappa shape index (κ2) is 5.24. The van der Waals surface area contributed by atoms with Gasteiger partial charge in [0.1, 0.15) is 5.75 Å². The second-order valence-corrected chi connectivity index (χ2v) is 7.96. The summed E-state index contributed by atoms with van der Waals surface area (Å²) in [5, 5.41) is 9.56. The predicted octanol–water partition coefficient (Wildman–Crippen LogP) is 1.57. The summed E-state index contributed by atoms with van der Waals surface area (Å²) in [5.74, 6) is -0.375. The lowest BCUT2D eigenvalue weighted by atomic mass is 9.81. The zero-order chi connectivity index (χ0) is 16.0. The Bertz CT molecular complexity index is 684. The number of carboxylic acids is 1. The lowest BCUT2D eigenvalue weighted by molar-refractivity contribution is -0.149. The molecule has 1 aromatic carbocycles. The third kappa shape index (κ3) is 2.19. The monoisotopic (exact) mass is 325 g/mol. The predicted molar refractivity (Wildman–Crippen MR) is 79.2 cm³/mol. The maximum Gasteiger partial charge on any atom is 0.311 e. The molecule has 6 nitrogen and oxygen atoms in total. The summed E-state index contributed by atoms with van der Waals surface area (Å²) >= 11 is 0. The van der Waals surface area contributed by atoms with Gasteiger partial charge in [-0.3, -0.25) is 4.79 Å². The van der Waals surface area contributed by atoms with Crippen molar-refractivity contribution in [3.05, 3.63) is 24.3 Å². The molecule has 0 radical (unpaired) electrons. The maximum atomic E-state index is 12.7. The lowest BCUT2D eigenvalue weighted by Crippen LogP contribution is -2.37. The van der Waals surface area contributed by atoms with Gasteiger partial charge in [0.25, 0.3) is 0 Å². The number of ether oxygens (including phenoxy) is 1. The number of hydrogen-bond acceptors (Lipinski definition) is 4. The van der Waals surface area contributed by atoms with Crippen LogP contribution in [0.4, 0.5) is 0 Å². The molecule has 2 aliphatic rings. The van der Waals surface area contributed by atoms with Crippen molar-refractivity contribution in [3.63, 3.8) is 0 Å². The van der Waals surface area contributed by atoms with Gasteiger partial charge in [0.15, 0.2) is 0 Å². The first-order valence-electron chi connectivity index (χ1n) is 7.28. The van der Waals surface area contributed by atoms with Crippen LogP contribution in [0.5, 0.6) is 5.75 Å². The first kappa shape index (κ1) is 15.3. The lowest BCUT2D eigenvalue weighted by Gasteiger charge is -2.23. The molecule has 0 unspecified atom stereocenters. The Kier molecular flexibility index (Phi) is 3.65. The molecule has 0 aromatic heterocycles. The number of fused-ring (bicyclic) bond motifs is 1. The van der Waals surface area contributed by atoms with Crippen molar-refractivity contribution in [3.8, 4) is 5.75 Å². The molecule has 2 fully saturated rings. The summed E-state index contributed by atoms with van der Waals surface area (Å²) in [6, 6.07) is 6.18. The van der Waals surface area contributed by atoms with E-state index in [1.54, 1.807) is 12.1 Å². The minimum Gasteiger partial charge on any atom is -0.497 e. The summed E-state index contributed by atoms with van der Waals surface area (Å²) in [5.41, 5.74) is -0.903. The van der Waals surface area contributed by atoms with Gasteiger partial charge in [-0.1, -0.05) is 6.42 Å². The third-order valence-electron chi connectivity index (χ3n) is 4.96. The first-order valence-corrected chi connectivity index (χ1v) is 8.72. The van der Waals surface area contributed by atoms with Gasteiger partial charge >= 0.3 is 5.97 Å². The summed E-state index contributed by atoms with van der Waals surface area (Å²) in [4.78, 5) is 11.8. The molecule has 3 rings (SSSR count). The van der Waals surface area contributed by atoms with Crippen molar-refractivity contribution in [1.82, 2.24) is 4.31 Å². The van der Waals surface area contributed by atoms with Crippen molar-refractivity contribution in [2.75, 3.05) is 20.2 Å². The Morgan fingerprint density at radius 2 is 2.05 bits per heavy atom. The molecule has 120 valence electrons. The summed E-state index contributed by atoms with van der Waals surface area (Å²) in [6.45, 7) is 0.363. The van der Waals surface area contributed by atoms with Crippen LogP contribution in [0.25, 0.3) is 0 Å². The van der Waals surface area contributed by atoms with Crippen molar-refractivity contribution < 1.29 is 23.1 Å². The Hall–Kier alpha value is -1.60. The van der Waals surface area contributed by atoms with Crippen LogP contribution in [0.3, 0.4) is 0 Å². The van der Waals surface area contributed by atoms with E-state index in [9.17, 15) is 18.3 Å². The molecule has 1 saturated heterocycles. The molecular weight excluding hydrogens is 306 g/mol. The largest absolute Gasteiger partial charge is 0.497 e. The van der Waals surface area contributed by atoms with E-state index in [2.05, 4.69) is 0 Å². The molecule has 1 N–H and O–H groups in total. The zero-order valence-electron chi connectivity index (χ0n) is 12.4. The van der Waals surface area contributed by atoms with Crippen LogP contribution < -0.4 is 4.74 Å². The molecular formula is C15H19NO5S. The zero-order valence-corrected chi connectivity index (χ0v) is 13.2. The highest BCUT2D eigenvalue weighted by Crippen LogP contribution is 2.50. The number of rotatable bonds is 4. The Balaban J connectivity index is 1.89. The molecule has 1 aliphatic heterocycles. The van der Waals surface area contributed by atoms with Gasteiger partial charge in [0, 0.05) is 13.1 Å². The average molecular weight is 325 g/mol. The van der Waals surface area contributed by atoms with E-state index in [1.807, 2.05) is 0 Å². The quantitative estimate of drug-likeness (QED) is 0.908. The molecule has 1 saturated carbocycles. The van der Waals surface area contributed by atoms with Crippen molar-refractivity contribution >= 4 is 16.0 Å². The number of sulfonamides is 1. The Morgan fingerprint density at radius 1 is 1.36 bits per heavy atom. The molecule has 7 heteroatoms. The smallest absolute Gasteiger partial charge is 0.311 e. The molecule has 1 aromatic rings. The highest BCUT2D eigenvalue weighted by molar-refractivity contribution is 7.89. The minimum absolute atomic E-state index is 0.0708. The number of benzene rings is 1. The normalized spacial score (nSPS) is 28.5. The first-order chi connectivity index (χ1) is 10.4. The van der Waals surface area contributed by atoms with Crippen molar-refractivity contribution in [2.24, 2.45) is 11.3 Å². The average Bonchev–Trinajstić information content (AvgIpc) is 3.05. The van der Waals surface area contributed by atoms with Gasteiger partial charge in [0.05, 0.1) is 17.4 Å². The molecule has 0 spiro atoms. The van der Waals surface area contributed by atoms with Gasteiger partial charge in [-0.15, -0.1) is 0 Å². The van der Waals surface area contributed by atoms with Crippen LogP contribution in [0.2, 0.25) is 0 Å². The van der Waals surface area contributed by atoms with Crippen LogP contribution in [0.15, 0.2) is 29.2 Å². The van der Waals surface area contributed by atoms with Crippen LogP contribution in [-0.2, 0) is 14.8 Å². The van der Waals surface area contributed by atoms with E-state index in [1.165, 1.54) is 23.5 Å². The number of hydrogen-bond donors (Lipinski definition) is 1. The van der Waals surface area contributed by atoms with Crippen LogP contribution in [0, 0.1) is 11.3 Å². The molecule has 0 bridgehead atoms. The topological polar surface area (TPSA) is 83.9 Å². The summed E-state index contributed by atoms with van der Waals surface area (Å²) < 4.78 is 31.8. The highest BCUT2D eigenvalue weighted by Gasteiger charge is 2.57. The van der Waals surface area contributed by atoms with E-state index in [-0.39, 0.29) is 17.4 Å². The number of carbonyl (C=O) groups is 1. The molecule has 2 atom stereocenters. The van der Waals surface area contributed by atoms with Gasteiger partial charge < -0.3 is 9.84 Å². The van der Waals surface area contributed by atoms with Crippen molar-refractivity contribution in [2.45, 2.75) is 24.2 Å². The Morgan fingerprint density at radius 3 is 2.59 bits per heavy atom. The van der Waals surface area contributed by atoms with Gasteiger partial charge in [-0.2, -0.15) is 4.31 Å². The molecule has 1 aliphatic carbocycles. The maximum absolute atomic E-state index is 12.7. The van der Waals surface area contributed by atoms with Gasteiger partial charge in [-0.25, -0.2) is 8.42 Å². The molecule has 1 heterocycles. The minimum atomic E-state index is -3.66. The van der Waals surface area contributed by atoms with Crippen LogP contribution in [-0.4, -0.2) is 44.0 Å². The standard InChI is InChI=1S/C15H19NO5S/c1-21-12-4-6-13(7-5-12)22(19,20)16-9-11-3-2-8-15(11,10-16)14(17)18/h4-7,11H,2-3,8-10H2,1H3,(H,17,18)/t11-,15+/m0/s1. The van der Waals surface area contributed by atoms with Gasteiger partial charge in [-0.05, 0) is 43.0 Å². The van der Waals surface area contributed by atoms with Crippen molar-refractivity contribution in [1.29, 1.82) is 0 Å². The number of aliphatic carboxylic acids is 1. The van der Waals surface area contributed by atoms with Crippen LogP contribution >= 0.6 is 0 Å². The summed E-state index contributed by atoms with van der Waals surface area (Å²) in [7, 11) is -2.15. The summed E-state index contributed by atoms with van der Waals surface area (Å²) in [6.07, 6.45) is 2.19. The van der Waals surface area contributed by atoms with E-state index in [0.29, 0.717) is 18.7 Å². The fourth-order valence-corrected chi connectivity index (χ4v) is 5.23. The highest BCUT2D eigenvalue weighted by atomic mass is 32.2. The van der Waals surface area contributed by atoms with Gasteiger partial charge in [0.2, 0.25) is 10.0 Å². The number of nitrogens with zero attached hydrogens (tertiary/aromatic N) is 1. The Labute approximate surface area is 129 Å². The second-order valence-electron chi connectivity index (χ2n) is 6.02. The van der Waals surface area contributed by atoms with E-state index < -0.39 is 21.4 Å². The van der Waals surface area contributed by atoms with E-state index in [4.69, 9.17) is 4.74 Å². The van der Waals surface area contributed by atoms with Crippen LogP contribution in [0.1, 0.15) is 19.3 Å². The number of methoxy groups -OCH3 is 1. The van der Waals surface area contributed by atoms with E-state index in [0.717, 1.165) is 12.8 Å². The fraction of sp³-hybridized carbons (Fsp3) is 0.533. The fourth-order valence-electron chi connectivity index (χ4n) is 3.67. The molecule has 22 heavy (non-hydrogen) atoms. The molecule has 0 amide bonds. The SMILES string of the molecule is COc1ccc(S(=O)(=O)N2C[C@@H]3CCC[C@@]3(C(=O)O)C2)cc1. The van der Waals surface area contributed by atoms with E-state index >= 15 is 0 Å². The third-order valence-corrected chi connectivity index (χ3v) is 6.79.